The Kier molecular flexibility index (Phi) is 4.20. The van der Waals surface area contributed by atoms with E-state index < -0.39 is 11.7 Å². The lowest BCUT2D eigenvalue weighted by atomic mass is 10.0. The van der Waals surface area contributed by atoms with E-state index >= 15 is 0 Å². The van der Waals surface area contributed by atoms with E-state index in [1.54, 1.807) is 13.8 Å². The molecule has 12 heavy (non-hydrogen) atoms. The summed E-state index contributed by atoms with van der Waals surface area (Å²) in [6.07, 6.45) is 0.763. The van der Waals surface area contributed by atoms with Crippen molar-refractivity contribution in [2.45, 2.75) is 32.9 Å². The van der Waals surface area contributed by atoms with Gasteiger partial charge in [0.1, 0.15) is 0 Å². The predicted molar refractivity (Wildman–Crippen MR) is 45.6 cm³/mol. The molecule has 0 aliphatic carbocycles. The van der Waals surface area contributed by atoms with Gasteiger partial charge in [-0.05, 0) is 6.42 Å². The van der Waals surface area contributed by atoms with Gasteiger partial charge in [-0.1, -0.05) is 20.8 Å². The lowest BCUT2D eigenvalue weighted by Crippen LogP contribution is -2.54. The topological polar surface area (TPSA) is 72.5 Å². The summed E-state index contributed by atoms with van der Waals surface area (Å²) in [4.78, 5) is 10.7. The molecule has 0 unspecified atom stereocenters. The first-order valence-electron chi connectivity index (χ1n) is 4.11. The van der Waals surface area contributed by atoms with Crippen molar-refractivity contribution in [2.75, 3.05) is 6.61 Å². The van der Waals surface area contributed by atoms with Crippen LogP contribution >= 0.6 is 0 Å². The number of aliphatic carboxylic acids is 1. The Hall–Kier alpha value is -0.610. The van der Waals surface area contributed by atoms with Gasteiger partial charge in [-0.2, -0.15) is 0 Å². The molecule has 0 aliphatic rings. The molecular weight excluding hydrogens is 158 g/mol. The standard InChI is InChI=1S/C8H17NO3/c1-4-5-12-8(9,6(2)3)7(10)11/h6H,4-5,9H2,1-3H3,(H,10,11)/t8-/m1/s1. The van der Waals surface area contributed by atoms with Crippen molar-refractivity contribution in [1.82, 2.24) is 0 Å². The van der Waals surface area contributed by atoms with Gasteiger partial charge in [0.2, 0.25) is 5.72 Å². The molecule has 0 spiro atoms. The van der Waals surface area contributed by atoms with E-state index in [2.05, 4.69) is 0 Å². The van der Waals surface area contributed by atoms with Gasteiger partial charge in [0.05, 0.1) is 0 Å². The molecule has 0 radical (unpaired) electrons. The molecule has 0 aromatic rings. The average molecular weight is 175 g/mol. The van der Waals surface area contributed by atoms with Crippen LogP contribution in [0.1, 0.15) is 27.2 Å². The van der Waals surface area contributed by atoms with Crippen molar-refractivity contribution < 1.29 is 14.6 Å². The van der Waals surface area contributed by atoms with E-state index in [1.165, 1.54) is 0 Å². The van der Waals surface area contributed by atoms with Crippen LogP contribution in [-0.4, -0.2) is 23.4 Å². The van der Waals surface area contributed by atoms with E-state index in [1.807, 2.05) is 6.92 Å². The number of nitrogens with two attached hydrogens (primary N) is 1. The normalized spacial score (nSPS) is 16.1. The summed E-state index contributed by atoms with van der Waals surface area (Å²) in [5.41, 5.74) is 4.02. The molecule has 3 N–H and O–H groups in total. The van der Waals surface area contributed by atoms with Crippen LogP contribution in [0.5, 0.6) is 0 Å². The van der Waals surface area contributed by atoms with Crippen molar-refractivity contribution in [3.8, 4) is 0 Å². The van der Waals surface area contributed by atoms with Gasteiger partial charge < -0.3 is 9.84 Å². The molecule has 0 aromatic heterocycles. The van der Waals surface area contributed by atoms with Crippen molar-refractivity contribution in [2.24, 2.45) is 11.7 Å². The zero-order valence-electron chi connectivity index (χ0n) is 7.83. The number of carbonyl (C=O) groups is 1. The van der Waals surface area contributed by atoms with Gasteiger partial charge in [-0.25, -0.2) is 4.79 Å². The number of rotatable bonds is 5. The average Bonchev–Trinajstić information content (AvgIpc) is 1.99. The van der Waals surface area contributed by atoms with Crippen LogP contribution in [-0.2, 0) is 9.53 Å². The SMILES string of the molecule is CCCO[C@@](N)(C(=O)O)C(C)C. The summed E-state index contributed by atoms with van der Waals surface area (Å²) in [6.45, 7) is 5.73. The Bertz CT molecular complexity index is 158. The maximum absolute atomic E-state index is 10.7. The first kappa shape index (κ1) is 11.4. The summed E-state index contributed by atoms with van der Waals surface area (Å²) in [5.74, 6) is -1.34. The van der Waals surface area contributed by atoms with Gasteiger partial charge in [0, 0.05) is 12.5 Å². The molecule has 1 atom stereocenters. The number of hydrogen-bond donors (Lipinski definition) is 2. The lowest BCUT2D eigenvalue weighted by molar-refractivity contribution is -0.172. The minimum Gasteiger partial charge on any atom is -0.478 e. The number of carboxylic acids is 1. The molecule has 0 rings (SSSR count). The fourth-order valence-electron chi connectivity index (χ4n) is 0.746. The Balaban J connectivity index is 4.29. The molecule has 4 heteroatoms. The third kappa shape index (κ3) is 2.46. The van der Waals surface area contributed by atoms with Crippen LogP contribution in [0.2, 0.25) is 0 Å². The van der Waals surface area contributed by atoms with Gasteiger partial charge in [0.25, 0.3) is 0 Å². The quantitative estimate of drug-likeness (QED) is 0.606. The summed E-state index contributed by atoms with van der Waals surface area (Å²) < 4.78 is 5.08. The van der Waals surface area contributed by atoms with E-state index in [0.717, 1.165) is 6.42 Å². The Morgan fingerprint density at radius 1 is 1.67 bits per heavy atom. The number of ether oxygens (including phenoxy) is 1. The van der Waals surface area contributed by atoms with Gasteiger partial charge >= 0.3 is 5.97 Å². The van der Waals surface area contributed by atoms with Crippen molar-refractivity contribution >= 4 is 5.97 Å². The van der Waals surface area contributed by atoms with Crippen LogP contribution in [0.25, 0.3) is 0 Å². The molecule has 0 fully saturated rings. The van der Waals surface area contributed by atoms with E-state index in [9.17, 15) is 4.79 Å². The van der Waals surface area contributed by atoms with Crippen LogP contribution in [0, 0.1) is 5.92 Å². The smallest absolute Gasteiger partial charge is 0.351 e. The summed E-state index contributed by atoms with van der Waals surface area (Å²) in [6, 6.07) is 0. The number of hydrogen-bond acceptors (Lipinski definition) is 3. The molecular formula is C8H17NO3. The third-order valence-corrected chi connectivity index (χ3v) is 1.74. The lowest BCUT2D eigenvalue weighted by Gasteiger charge is -2.28. The highest BCUT2D eigenvalue weighted by Crippen LogP contribution is 2.15. The molecule has 0 heterocycles. The molecule has 0 saturated heterocycles. The fourth-order valence-corrected chi connectivity index (χ4v) is 0.746. The zero-order valence-corrected chi connectivity index (χ0v) is 7.83. The Labute approximate surface area is 72.7 Å². The molecule has 0 aliphatic heterocycles. The Morgan fingerprint density at radius 3 is 2.42 bits per heavy atom. The van der Waals surface area contributed by atoms with Crippen LogP contribution in [0.4, 0.5) is 0 Å². The van der Waals surface area contributed by atoms with Gasteiger partial charge in [0.15, 0.2) is 0 Å². The van der Waals surface area contributed by atoms with Crippen LogP contribution in [0.15, 0.2) is 0 Å². The molecule has 0 amide bonds. The van der Waals surface area contributed by atoms with Crippen molar-refractivity contribution in [3.63, 3.8) is 0 Å². The number of carboxylic acid groups (broad SMARTS) is 1. The molecule has 0 bridgehead atoms. The minimum absolute atomic E-state index is 0.235. The summed E-state index contributed by atoms with van der Waals surface area (Å²) in [7, 11) is 0. The maximum Gasteiger partial charge on any atom is 0.351 e. The highest BCUT2D eigenvalue weighted by atomic mass is 16.5. The van der Waals surface area contributed by atoms with Gasteiger partial charge in [-0.15, -0.1) is 0 Å². The predicted octanol–water partition coefficient (Wildman–Crippen LogP) is 0.809. The second-order valence-corrected chi connectivity index (χ2v) is 3.10. The first-order chi connectivity index (χ1) is 5.45. The second kappa shape index (κ2) is 4.42. The van der Waals surface area contributed by atoms with Crippen molar-refractivity contribution in [3.05, 3.63) is 0 Å². The third-order valence-electron chi connectivity index (χ3n) is 1.74. The monoisotopic (exact) mass is 175 g/mol. The Morgan fingerprint density at radius 2 is 2.17 bits per heavy atom. The highest BCUT2D eigenvalue weighted by molar-refractivity contribution is 5.76. The molecule has 4 nitrogen and oxygen atoms in total. The highest BCUT2D eigenvalue weighted by Gasteiger charge is 2.38. The summed E-state index contributed by atoms with van der Waals surface area (Å²) >= 11 is 0. The molecule has 0 aromatic carbocycles. The minimum atomic E-state index is -1.53. The first-order valence-corrected chi connectivity index (χ1v) is 4.11. The van der Waals surface area contributed by atoms with Crippen LogP contribution < -0.4 is 5.73 Å². The summed E-state index contributed by atoms with van der Waals surface area (Å²) in [5, 5.41) is 8.78. The fraction of sp³-hybridized carbons (Fsp3) is 0.875. The van der Waals surface area contributed by atoms with E-state index in [4.69, 9.17) is 15.6 Å². The molecule has 0 saturated carbocycles. The zero-order chi connectivity index (χ0) is 9.78. The van der Waals surface area contributed by atoms with Crippen LogP contribution in [0.3, 0.4) is 0 Å². The van der Waals surface area contributed by atoms with Gasteiger partial charge in [-0.3, -0.25) is 5.73 Å². The maximum atomic E-state index is 10.7. The van der Waals surface area contributed by atoms with E-state index in [0.29, 0.717) is 6.61 Å². The molecule has 72 valence electrons. The van der Waals surface area contributed by atoms with E-state index in [-0.39, 0.29) is 5.92 Å². The van der Waals surface area contributed by atoms with Crippen molar-refractivity contribution in [1.29, 1.82) is 0 Å². The second-order valence-electron chi connectivity index (χ2n) is 3.10. The largest absolute Gasteiger partial charge is 0.478 e.